The number of rotatable bonds is 2. The highest BCUT2D eigenvalue weighted by molar-refractivity contribution is 6.09. The van der Waals surface area contributed by atoms with E-state index in [-0.39, 0.29) is 29.8 Å². The molecule has 4 heterocycles. The predicted octanol–water partition coefficient (Wildman–Crippen LogP) is 1.78. The first-order valence-corrected chi connectivity index (χ1v) is 9.52. The van der Waals surface area contributed by atoms with E-state index in [1.807, 2.05) is 32.2 Å². The second-order valence-corrected chi connectivity index (χ2v) is 8.19. The zero-order valence-corrected chi connectivity index (χ0v) is 15.8. The van der Waals surface area contributed by atoms with E-state index in [1.54, 1.807) is 12.0 Å². The fourth-order valence-electron chi connectivity index (χ4n) is 5.88. The van der Waals surface area contributed by atoms with Gasteiger partial charge in [0.25, 0.3) is 0 Å². The summed E-state index contributed by atoms with van der Waals surface area (Å²) >= 11 is 0. The number of nitrogens with one attached hydrogen (secondary N) is 1. The highest BCUT2D eigenvalue weighted by atomic mass is 16.5. The normalized spacial score (nSPS) is 36.6. The van der Waals surface area contributed by atoms with Crippen LogP contribution in [0.1, 0.15) is 25.3 Å². The van der Waals surface area contributed by atoms with E-state index in [0.717, 1.165) is 47.5 Å². The lowest BCUT2D eigenvalue weighted by atomic mass is 9.72. The third-order valence-corrected chi connectivity index (χ3v) is 7.23. The second-order valence-electron chi connectivity index (χ2n) is 8.19. The van der Waals surface area contributed by atoms with Crippen molar-refractivity contribution >= 4 is 17.9 Å². The van der Waals surface area contributed by atoms with Gasteiger partial charge in [0, 0.05) is 36.7 Å². The number of hydrogen-bond acceptors (Lipinski definition) is 5. The summed E-state index contributed by atoms with van der Waals surface area (Å²) in [5, 5.41) is 3.70. The van der Waals surface area contributed by atoms with Gasteiger partial charge in [0.05, 0.1) is 30.6 Å². The molecular formula is C21H24N2O4. The van der Waals surface area contributed by atoms with Crippen LogP contribution in [0.4, 0.5) is 5.69 Å². The molecule has 0 saturated carbocycles. The van der Waals surface area contributed by atoms with Crippen molar-refractivity contribution in [3.05, 3.63) is 35.1 Å². The van der Waals surface area contributed by atoms with Gasteiger partial charge in [0.1, 0.15) is 12.0 Å². The third kappa shape index (κ3) is 1.99. The van der Waals surface area contributed by atoms with Gasteiger partial charge < -0.3 is 19.7 Å². The molecule has 2 fully saturated rings. The lowest BCUT2D eigenvalue weighted by Crippen LogP contribution is -2.53. The number of benzene rings is 1. The number of amides is 1. The molecule has 2 bridgehead atoms. The molecular weight excluding hydrogens is 344 g/mol. The zero-order chi connectivity index (χ0) is 18.9. The molecule has 5 rings (SSSR count). The number of carbonyl (C=O) groups is 2. The number of carbonyl (C=O) groups excluding carboxylic acids is 2. The highest BCUT2D eigenvalue weighted by Gasteiger charge is 2.64. The van der Waals surface area contributed by atoms with E-state index in [1.165, 1.54) is 0 Å². The minimum absolute atomic E-state index is 0.0224. The average molecular weight is 368 g/mol. The summed E-state index contributed by atoms with van der Waals surface area (Å²) in [7, 11) is 3.48. The largest absolute Gasteiger partial charge is 0.497 e. The number of piperidine rings is 1. The molecule has 0 aliphatic carbocycles. The van der Waals surface area contributed by atoms with Gasteiger partial charge in [-0.3, -0.25) is 9.59 Å². The van der Waals surface area contributed by atoms with Crippen molar-refractivity contribution < 1.29 is 19.1 Å². The maximum atomic E-state index is 13.5. The molecule has 1 spiro atoms. The van der Waals surface area contributed by atoms with Crippen LogP contribution in [0.3, 0.4) is 0 Å². The molecule has 2 saturated heterocycles. The zero-order valence-electron chi connectivity index (χ0n) is 15.8. The molecule has 1 amide bonds. The minimum Gasteiger partial charge on any atom is -0.497 e. The van der Waals surface area contributed by atoms with Crippen LogP contribution in [0.5, 0.6) is 5.75 Å². The number of anilines is 1. The van der Waals surface area contributed by atoms with Crippen LogP contribution < -0.4 is 15.0 Å². The molecule has 4 aliphatic heterocycles. The minimum atomic E-state index is -0.569. The monoisotopic (exact) mass is 368 g/mol. The standard InChI is InChI=1S/C21H24N2O4/c1-11-14(9-24)13-7-19-21(8-17(22-19)15(13)10-27-11)16-5-4-12(26-3)6-18(16)23(2)20(21)25/h4-6,9,13,15,17,19,22H,7-8,10H2,1-3H3/t13-,15-,17-,19-,21+/m0/s1. The van der Waals surface area contributed by atoms with Gasteiger partial charge in [-0.1, -0.05) is 6.07 Å². The Morgan fingerprint density at radius 3 is 2.96 bits per heavy atom. The van der Waals surface area contributed by atoms with Crippen LogP contribution in [-0.2, 0) is 19.7 Å². The average Bonchev–Trinajstić information content (AvgIpc) is 3.10. The first-order chi connectivity index (χ1) is 13.0. The molecule has 0 aromatic heterocycles. The fourth-order valence-corrected chi connectivity index (χ4v) is 5.88. The summed E-state index contributed by atoms with van der Waals surface area (Å²) in [6.07, 6.45) is 2.47. The Morgan fingerprint density at radius 1 is 1.41 bits per heavy atom. The van der Waals surface area contributed by atoms with Gasteiger partial charge in [-0.05, 0) is 37.3 Å². The smallest absolute Gasteiger partial charge is 0.239 e. The molecule has 0 unspecified atom stereocenters. The molecule has 1 N–H and O–H groups in total. The Hall–Kier alpha value is -2.34. The quantitative estimate of drug-likeness (QED) is 0.806. The van der Waals surface area contributed by atoms with Gasteiger partial charge in [0.15, 0.2) is 0 Å². The van der Waals surface area contributed by atoms with Crippen LogP contribution in [0.25, 0.3) is 0 Å². The van der Waals surface area contributed by atoms with Gasteiger partial charge in [-0.2, -0.15) is 0 Å². The summed E-state index contributed by atoms with van der Waals surface area (Å²) in [6, 6.07) is 6.12. The Labute approximate surface area is 158 Å². The number of hydrogen-bond donors (Lipinski definition) is 1. The molecule has 1 aromatic carbocycles. The van der Waals surface area contributed by atoms with Crippen molar-refractivity contribution in [3.63, 3.8) is 0 Å². The first-order valence-electron chi connectivity index (χ1n) is 9.52. The van der Waals surface area contributed by atoms with Gasteiger partial charge in [-0.15, -0.1) is 0 Å². The van der Waals surface area contributed by atoms with E-state index < -0.39 is 5.41 Å². The lowest BCUT2D eigenvalue weighted by molar-refractivity contribution is -0.123. The summed E-state index contributed by atoms with van der Waals surface area (Å²) in [5.74, 6) is 2.01. The number of nitrogens with zero attached hydrogens (tertiary/aromatic N) is 1. The van der Waals surface area contributed by atoms with Gasteiger partial charge >= 0.3 is 0 Å². The van der Waals surface area contributed by atoms with E-state index in [9.17, 15) is 9.59 Å². The number of aldehydes is 1. The third-order valence-electron chi connectivity index (χ3n) is 7.23. The summed E-state index contributed by atoms with van der Waals surface area (Å²) < 4.78 is 11.2. The summed E-state index contributed by atoms with van der Waals surface area (Å²) in [6.45, 7) is 2.48. The second kappa shape index (κ2) is 5.58. The fraction of sp³-hybridized carbons (Fsp3) is 0.524. The van der Waals surface area contributed by atoms with E-state index in [4.69, 9.17) is 9.47 Å². The first kappa shape index (κ1) is 16.8. The lowest BCUT2D eigenvalue weighted by Gasteiger charge is -2.41. The number of ether oxygens (including phenoxy) is 2. The molecule has 0 radical (unpaired) electrons. The van der Waals surface area contributed by atoms with Crippen molar-refractivity contribution in [2.45, 2.75) is 37.3 Å². The molecule has 6 heteroatoms. The maximum absolute atomic E-state index is 13.5. The number of allylic oxidation sites excluding steroid dienone is 2. The molecule has 1 aromatic rings. The Balaban J connectivity index is 1.61. The molecule has 6 nitrogen and oxygen atoms in total. The Kier molecular flexibility index (Phi) is 3.47. The van der Waals surface area contributed by atoms with Gasteiger partial charge in [-0.25, -0.2) is 0 Å². The van der Waals surface area contributed by atoms with E-state index in [2.05, 4.69) is 5.32 Å². The number of fused-ring (bicyclic) bond motifs is 7. The SMILES string of the molecule is COc1ccc2c(c1)N(C)C(=O)[C@]21C[C@@H]2N[C@H]1C[C@H]1C(C=O)=C(C)OC[C@H]21. The van der Waals surface area contributed by atoms with E-state index >= 15 is 0 Å². The molecule has 27 heavy (non-hydrogen) atoms. The molecule has 142 valence electrons. The van der Waals surface area contributed by atoms with Crippen LogP contribution in [0.15, 0.2) is 29.5 Å². The maximum Gasteiger partial charge on any atom is 0.239 e. The molecule has 5 atom stereocenters. The van der Waals surface area contributed by atoms with Crippen LogP contribution in [0.2, 0.25) is 0 Å². The van der Waals surface area contributed by atoms with Crippen molar-refractivity contribution in [3.8, 4) is 5.75 Å². The summed E-state index contributed by atoms with van der Waals surface area (Å²) in [4.78, 5) is 27.0. The predicted molar refractivity (Wildman–Crippen MR) is 99.7 cm³/mol. The number of methoxy groups -OCH3 is 1. The van der Waals surface area contributed by atoms with E-state index in [0.29, 0.717) is 6.61 Å². The van der Waals surface area contributed by atoms with Crippen molar-refractivity contribution in [2.75, 3.05) is 25.7 Å². The van der Waals surface area contributed by atoms with Crippen LogP contribution in [-0.4, -0.2) is 45.0 Å². The Bertz CT molecular complexity index is 879. The van der Waals surface area contributed by atoms with Crippen molar-refractivity contribution in [2.24, 2.45) is 11.8 Å². The van der Waals surface area contributed by atoms with Crippen LogP contribution in [0, 0.1) is 11.8 Å². The van der Waals surface area contributed by atoms with Crippen molar-refractivity contribution in [1.29, 1.82) is 0 Å². The summed E-state index contributed by atoms with van der Waals surface area (Å²) in [5.41, 5.74) is 2.20. The number of likely N-dealkylation sites (N-methyl/N-ethyl adjacent to an activating group) is 1. The van der Waals surface area contributed by atoms with Gasteiger partial charge in [0.2, 0.25) is 5.91 Å². The van der Waals surface area contributed by atoms with Crippen LogP contribution >= 0.6 is 0 Å². The van der Waals surface area contributed by atoms with Crippen molar-refractivity contribution in [1.82, 2.24) is 5.32 Å². The topological polar surface area (TPSA) is 67.9 Å². The molecule has 4 aliphatic rings. The Morgan fingerprint density at radius 2 is 2.22 bits per heavy atom. The highest BCUT2D eigenvalue weighted by Crippen LogP contribution is 2.56.